The average Bonchev–Trinajstić information content (AvgIpc) is 2.30. The fourth-order valence-corrected chi connectivity index (χ4v) is 1.29. The van der Waals surface area contributed by atoms with Crippen molar-refractivity contribution in [2.24, 2.45) is 0 Å². The lowest BCUT2D eigenvalue weighted by atomic mass is 10.2. The van der Waals surface area contributed by atoms with Gasteiger partial charge in [0.15, 0.2) is 0 Å². The lowest BCUT2D eigenvalue weighted by molar-refractivity contribution is -0.119. The number of ether oxygens (including phenoxy) is 1. The van der Waals surface area contributed by atoms with Gasteiger partial charge in [0.05, 0.1) is 12.6 Å². The predicted octanol–water partition coefficient (Wildman–Crippen LogP) is 0.704. The maximum absolute atomic E-state index is 11.0. The van der Waals surface area contributed by atoms with Crippen LogP contribution in [0.15, 0.2) is 18.3 Å². The van der Waals surface area contributed by atoms with Gasteiger partial charge in [0.2, 0.25) is 11.8 Å². The van der Waals surface area contributed by atoms with E-state index >= 15 is 0 Å². The zero-order chi connectivity index (χ0) is 12.7. The van der Waals surface area contributed by atoms with Gasteiger partial charge >= 0.3 is 0 Å². The number of carbonyl (C=O) groups is 1. The average molecular weight is 237 g/mol. The lowest BCUT2D eigenvalue weighted by Crippen LogP contribution is -2.31. The van der Waals surface area contributed by atoms with Crippen LogP contribution in [0.2, 0.25) is 0 Å². The van der Waals surface area contributed by atoms with Crippen molar-refractivity contribution in [1.29, 1.82) is 0 Å². The predicted molar refractivity (Wildman–Crippen MR) is 65.8 cm³/mol. The number of hydrogen-bond donors (Lipinski definition) is 2. The van der Waals surface area contributed by atoms with Gasteiger partial charge in [0.25, 0.3) is 0 Å². The van der Waals surface area contributed by atoms with Crippen LogP contribution in [-0.2, 0) is 11.3 Å². The molecule has 0 aliphatic carbocycles. The molecule has 0 aromatic carbocycles. The standard InChI is InChI=1S/C12H19N3O2/c1-9(2)17-12-10(5-4-6-15-12)7-14-8-11(16)13-3/h4-6,9,14H,7-8H2,1-3H3,(H,13,16). The molecule has 0 saturated heterocycles. The first-order chi connectivity index (χ1) is 8.13. The second-order valence-corrected chi connectivity index (χ2v) is 3.91. The number of nitrogens with one attached hydrogen (secondary N) is 2. The van der Waals surface area contributed by atoms with E-state index in [-0.39, 0.29) is 18.6 Å². The molecule has 1 amide bonds. The molecular weight excluding hydrogens is 218 g/mol. The molecule has 1 aromatic rings. The molecule has 0 spiro atoms. The Morgan fingerprint density at radius 2 is 2.29 bits per heavy atom. The van der Waals surface area contributed by atoms with Gasteiger partial charge in [-0.2, -0.15) is 0 Å². The molecule has 5 heteroatoms. The third-order valence-electron chi connectivity index (χ3n) is 2.08. The minimum Gasteiger partial charge on any atom is -0.475 e. The van der Waals surface area contributed by atoms with Gasteiger partial charge in [-0.25, -0.2) is 4.98 Å². The van der Waals surface area contributed by atoms with Crippen molar-refractivity contribution in [3.05, 3.63) is 23.9 Å². The van der Waals surface area contributed by atoms with E-state index < -0.39 is 0 Å². The first-order valence-corrected chi connectivity index (χ1v) is 5.65. The number of aromatic nitrogens is 1. The van der Waals surface area contributed by atoms with Crippen molar-refractivity contribution in [3.63, 3.8) is 0 Å². The molecule has 94 valence electrons. The maximum Gasteiger partial charge on any atom is 0.233 e. The molecule has 2 N–H and O–H groups in total. The Morgan fingerprint density at radius 3 is 2.94 bits per heavy atom. The Bertz CT molecular complexity index is 367. The Balaban J connectivity index is 2.54. The van der Waals surface area contributed by atoms with Gasteiger partial charge in [-0.1, -0.05) is 6.07 Å². The Kier molecular flexibility index (Phi) is 5.42. The van der Waals surface area contributed by atoms with E-state index in [9.17, 15) is 4.79 Å². The van der Waals surface area contributed by atoms with Gasteiger partial charge in [-0.05, 0) is 19.9 Å². The highest BCUT2D eigenvalue weighted by Gasteiger charge is 2.06. The summed E-state index contributed by atoms with van der Waals surface area (Å²) in [5, 5.41) is 5.58. The molecule has 1 rings (SSSR count). The van der Waals surface area contributed by atoms with Gasteiger partial charge in [0.1, 0.15) is 0 Å². The molecule has 5 nitrogen and oxygen atoms in total. The first kappa shape index (κ1) is 13.4. The first-order valence-electron chi connectivity index (χ1n) is 5.65. The molecule has 0 aliphatic heterocycles. The van der Waals surface area contributed by atoms with Crippen molar-refractivity contribution in [2.75, 3.05) is 13.6 Å². The van der Waals surface area contributed by atoms with Crippen LogP contribution >= 0.6 is 0 Å². The molecule has 17 heavy (non-hydrogen) atoms. The number of pyridine rings is 1. The summed E-state index contributed by atoms with van der Waals surface area (Å²) >= 11 is 0. The van der Waals surface area contributed by atoms with E-state index in [1.54, 1.807) is 13.2 Å². The van der Waals surface area contributed by atoms with Crippen LogP contribution in [0.4, 0.5) is 0 Å². The third kappa shape index (κ3) is 4.82. The molecule has 0 aliphatic rings. The number of carbonyl (C=O) groups excluding carboxylic acids is 1. The fourth-order valence-electron chi connectivity index (χ4n) is 1.29. The van der Waals surface area contributed by atoms with E-state index in [2.05, 4.69) is 15.6 Å². The maximum atomic E-state index is 11.0. The topological polar surface area (TPSA) is 63.2 Å². The minimum absolute atomic E-state index is 0.0415. The summed E-state index contributed by atoms with van der Waals surface area (Å²) in [6.07, 6.45) is 1.78. The largest absolute Gasteiger partial charge is 0.475 e. The molecule has 0 radical (unpaired) electrons. The van der Waals surface area contributed by atoms with Gasteiger partial charge in [-0.3, -0.25) is 4.79 Å². The summed E-state index contributed by atoms with van der Waals surface area (Å²) in [6, 6.07) is 3.78. The van der Waals surface area contributed by atoms with E-state index in [4.69, 9.17) is 4.74 Å². The van der Waals surface area contributed by atoms with E-state index in [0.29, 0.717) is 12.4 Å². The van der Waals surface area contributed by atoms with E-state index in [0.717, 1.165) is 5.56 Å². The van der Waals surface area contributed by atoms with Gasteiger partial charge in [-0.15, -0.1) is 0 Å². The van der Waals surface area contributed by atoms with Crippen LogP contribution in [0.25, 0.3) is 0 Å². The highest BCUT2D eigenvalue weighted by Crippen LogP contribution is 2.15. The molecule has 1 aromatic heterocycles. The number of amides is 1. The van der Waals surface area contributed by atoms with Crippen molar-refractivity contribution in [2.45, 2.75) is 26.5 Å². The Morgan fingerprint density at radius 1 is 1.53 bits per heavy atom. The number of rotatable bonds is 6. The lowest BCUT2D eigenvalue weighted by Gasteiger charge is -2.13. The number of hydrogen-bond acceptors (Lipinski definition) is 4. The van der Waals surface area contributed by atoms with Crippen LogP contribution in [0, 0.1) is 0 Å². The SMILES string of the molecule is CNC(=O)CNCc1cccnc1OC(C)C. The Labute approximate surface area is 102 Å². The summed E-state index contributed by atoms with van der Waals surface area (Å²) in [6.45, 7) is 4.75. The number of nitrogens with zero attached hydrogens (tertiary/aromatic N) is 1. The highest BCUT2D eigenvalue weighted by molar-refractivity contribution is 5.77. The summed E-state index contributed by atoms with van der Waals surface area (Å²) in [5.74, 6) is 0.576. The summed E-state index contributed by atoms with van der Waals surface area (Å²) in [5.41, 5.74) is 0.949. The molecular formula is C12H19N3O2. The zero-order valence-corrected chi connectivity index (χ0v) is 10.5. The van der Waals surface area contributed by atoms with Crippen LogP contribution in [0.1, 0.15) is 19.4 Å². The molecule has 0 fully saturated rings. The number of likely N-dealkylation sites (N-methyl/N-ethyl adjacent to an activating group) is 1. The second-order valence-electron chi connectivity index (χ2n) is 3.91. The quantitative estimate of drug-likeness (QED) is 0.764. The zero-order valence-electron chi connectivity index (χ0n) is 10.5. The van der Waals surface area contributed by atoms with Crippen molar-refractivity contribution in [3.8, 4) is 5.88 Å². The molecule has 0 saturated carbocycles. The minimum atomic E-state index is -0.0415. The van der Waals surface area contributed by atoms with Gasteiger partial charge in [0, 0.05) is 25.4 Å². The monoisotopic (exact) mass is 237 g/mol. The van der Waals surface area contributed by atoms with Crippen molar-refractivity contribution < 1.29 is 9.53 Å². The van der Waals surface area contributed by atoms with Gasteiger partial charge < -0.3 is 15.4 Å². The smallest absolute Gasteiger partial charge is 0.233 e. The second kappa shape index (κ2) is 6.85. The third-order valence-corrected chi connectivity index (χ3v) is 2.08. The summed E-state index contributed by atoms with van der Waals surface area (Å²) in [7, 11) is 1.61. The molecule has 0 bridgehead atoms. The van der Waals surface area contributed by atoms with Crippen LogP contribution < -0.4 is 15.4 Å². The fraction of sp³-hybridized carbons (Fsp3) is 0.500. The summed E-state index contributed by atoms with van der Waals surface area (Å²) in [4.78, 5) is 15.2. The normalized spacial score (nSPS) is 10.4. The van der Waals surface area contributed by atoms with Crippen LogP contribution in [0.5, 0.6) is 5.88 Å². The molecule has 0 unspecified atom stereocenters. The molecule has 0 atom stereocenters. The van der Waals surface area contributed by atoms with Crippen LogP contribution in [-0.4, -0.2) is 30.6 Å². The van der Waals surface area contributed by atoms with E-state index in [1.807, 2.05) is 26.0 Å². The summed E-state index contributed by atoms with van der Waals surface area (Å²) < 4.78 is 5.58. The van der Waals surface area contributed by atoms with Crippen molar-refractivity contribution in [1.82, 2.24) is 15.6 Å². The highest BCUT2D eigenvalue weighted by atomic mass is 16.5. The van der Waals surface area contributed by atoms with E-state index in [1.165, 1.54) is 0 Å². The van der Waals surface area contributed by atoms with Crippen molar-refractivity contribution >= 4 is 5.91 Å². The van der Waals surface area contributed by atoms with Crippen LogP contribution in [0.3, 0.4) is 0 Å². The Hall–Kier alpha value is -1.62. The molecule has 1 heterocycles.